The number of aryl methyl sites for hydroxylation is 1. The van der Waals surface area contributed by atoms with E-state index in [4.69, 9.17) is 0 Å². The molecule has 0 N–H and O–H groups in total. The molecule has 0 fully saturated rings. The molecule has 0 saturated heterocycles. The van der Waals surface area contributed by atoms with Gasteiger partial charge in [0, 0.05) is 40.8 Å². The van der Waals surface area contributed by atoms with E-state index in [2.05, 4.69) is 132 Å². The van der Waals surface area contributed by atoms with E-state index in [1.807, 2.05) is 0 Å². The van der Waals surface area contributed by atoms with Crippen LogP contribution in [-0.4, -0.2) is 11.6 Å². The fourth-order valence-electron chi connectivity index (χ4n) is 5.07. The number of nitrogens with zero attached hydrogens (tertiary/aromatic N) is 2. The predicted molar refractivity (Wildman–Crippen MR) is 141 cm³/mol. The van der Waals surface area contributed by atoms with Gasteiger partial charge in [0.25, 0.3) is 0 Å². The first-order valence-corrected chi connectivity index (χ1v) is 11.6. The van der Waals surface area contributed by atoms with Crippen molar-refractivity contribution in [3.05, 3.63) is 120 Å². The number of aromatic nitrogens is 1. The molecule has 0 radical (unpaired) electrons. The number of hydrogen-bond acceptors (Lipinski definition) is 1. The summed E-state index contributed by atoms with van der Waals surface area (Å²) in [4.78, 5) is 2.29. The zero-order chi connectivity index (χ0) is 22.2. The van der Waals surface area contributed by atoms with Crippen LogP contribution < -0.4 is 4.90 Å². The van der Waals surface area contributed by atoms with Gasteiger partial charge < -0.3 is 9.47 Å². The Hall–Kier alpha value is -4.04. The highest BCUT2D eigenvalue weighted by Gasteiger charge is 2.19. The van der Waals surface area contributed by atoms with E-state index in [0.29, 0.717) is 0 Å². The van der Waals surface area contributed by atoms with Crippen molar-refractivity contribution in [1.29, 1.82) is 0 Å². The van der Waals surface area contributed by atoms with Crippen molar-refractivity contribution < 1.29 is 0 Å². The first-order valence-electron chi connectivity index (χ1n) is 11.6. The van der Waals surface area contributed by atoms with Crippen LogP contribution in [0.1, 0.15) is 17.7 Å². The Morgan fingerprint density at radius 3 is 2.45 bits per heavy atom. The Bertz CT molecular complexity index is 1470. The number of para-hydroxylation sites is 2. The quantitative estimate of drug-likeness (QED) is 0.282. The van der Waals surface area contributed by atoms with Crippen molar-refractivity contribution in [2.24, 2.45) is 0 Å². The van der Waals surface area contributed by atoms with Gasteiger partial charge in [-0.2, -0.15) is 0 Å². The van der Waals surface area contributed by atoms with Crippen molar-refractivity contribution in [2.75, 3.05) is 11.9 Å². The molecule has 0 spiro atoms. The van der Waals surface area contributed by atoms with Gasteiger partial charge in [-0.25, -0.2) is 0 Å². The van der Waals surface area contributed by atoms with E-state index in [1.54, 1.807) is 0 Å². The standard InChI is InChI=1S/C31H26N2/c1-32(29-19-8-5-16-26(29)23-12-3-2-4-13-23)24-14-11-15-25(22-24)33-30-20-9-6-17-27(30)28-18-7-10-21-31(28)33/h2-6,8-17,19-22H,7,18H2,1H3. The largest absolute Gasteiger partial charge is 0.344 e. The summed E-state index contributed by atoms with van der Waals surface area (Å²) >= 11 is 0. The van der Waals surface area contributed by atoms with Gasteiger partial charge in [0.1, 0.15) is 0 Å². The highest BCUT2D eigenvalue weighted by atomic mass is 15.1. The van der Waals surface area contributed by atoms with Crippen molar-refractivity contribution in [1.82, 2.24) is 4.57 Å². The van der Waals surface area contributed by atoms with Gasteiger partial charge in [0.2, 0.25) is 0 Å². The van der Waals surface area contributed by atoms with Crippen molar-refractivity contribution >= 4 is 28.4 Å². The first-order chi connectivity index (χ1) is 16.3. The van der Waals surface area contributed by atoms with Crippen LogP contribution in [0.25, 0.3) is 33.8 Å². The summed E-state index contributed by atoms with van der Waals surface area (Å²) in [6.45, 7) is 0. The van der Waals surface area contributed by atoms with Gasteiger partial charge in [-0.3, -0.25) is 0 Å². The fraction of sp³-hybridized carbons (Fsp3) is 0.0968. The van der Waals surface area contributed by atoms with Gasteiger partial charge in [-0.1, -0.05) is 78.9 Å². The van der Waals surface area contributed by atoms with Crippen LogP contribution in [0.4, 0.5) is 11.4 Å². The summed E-state index contributed by atoms with van der Waals surface area (Å²) in [6.07, 6.45) is 6.80. The van der Waals surface area contributed by atoms with Crippen LogP contribution >= 0.6 is 0 Å². The third-order valence-corrected chi connectivity index (χ3v) is 6.68. The molecule has 0 atom stereocenters. The smallest absolute Gasteiger partial charge is 0.0537 e. The monoisotopic (exact) mass is 426 g/mol. The topological polar surface area (TPSA) is 8.17 Å². The van der Waals surface area contributed by atoms with Gasteiger partial charge in [-0.05, 0) is 60.4 Å². The lowest BCUT2D eigenvalue weighted by molar-refractivity contribution is 0.967. The summed E-state index contributed by atoms with van der Waals surface area (Å²) in [5, 5.41) is 1.37. The van der Waals surface area contributed by atoms with E-state index in [1.165, 1.54) is 50.3 Å². The lowest BCUT2D eigenvalue weighted by atomic mass is 10.0. The maximum absolute atomic E-state index is 2.42. The lowest BCUT2D eigenvalue weighted by Gasteiger charge is -2.24. The van der Waals surface area contributed by atoms with E-state index >= 15 is 0 Å². The molecule has 1 aliphatic rings. The normalized spacial score (nSPS) is 12.6. The molecule has 1 aromatic heterocycles. The first kappa shape index (κ1) is 19.6. The summed E-state index contributed by atoms with van der Waals surface area (Å²) in [6, 6.07) is 36.9. The second-order valence-electron chi connectivity index (χ2n) is 8.62. The van der Waals surface area contributed by atoms with E-state index < -0.39 is 0 Å². The number of fused-ring (bicyclic) bond motifs is 3. The molecule has 160 valence electrons. The third kappa shape index (κ3) is 3.35. The zero-order valence-corrected chi connectivity index (χ0v) is 18.8. The minimum absolute atomic E-state index is 1.10. The zero-order valence-electron chi connectivity index (χ0n) is 18.8. The van der Waals surface area contributed by atoms with Crippen LogP contribution in [0, 0.1) is 0 Å². The Balaban J connectivity index is 1.48. The molecular weight excluding hydrogens is 400 g/mol. The summed E-state index contributed by atoms with van der Waals surface area (Å²) in [5.74, 6) is 0. The van der Waals surface area contributed by atoms with Crippen LogP contribution in [-0.2, 0) is 6.42 Å². The number of rotatable bonds is 4. The van der Waals surface area contributed by atoms with Crippen LogP contribution in [0.3, 0.4) is 0 Å². The molecular formula is C31H26N2. The lowest BCUT2D eigenvalue weighted by Crippen LogP contribution is -2.11. The Morgan fingerprint density at radius 2 is 1.55 bits per heavy atom. The van der Waals surface area contributed by atoms with E-state index in [-0.39, 0.29) is 0 Å². The van der Waals surface area contributed by atoms with Crippen LogP contribution in [0.2, 0.25) is 0 Å². The second kappa shape index (κ2) is 8.14. The number of allylic oxidation sites excluding steroid dienone is 1. The molecule has 1 aliphatic carbocycles. The molecule has 5 aromatic rings. The van der Waals surface area contributed by atoms with Gasteiger partial charge in [0.05, 0.1) is 5.52 Å². The molecule has 4 aromatic carbocycles. The molecule has 2 nitrogen and oxygen atoms in total. The molecule has 0 unspecified atom stereocenters. The Labute approximate surface area is 195 Å². The molecule has 33 heavy (non-hydrogen) atoms. The molecule has 0 saturated carbocycles. The molecule has 2 heteroatoms. The summed E-state index contributed by atoms with van der Waals surface area (Å²) < 4.78 is 2.42. The third-order valence-electron chi connectivity index (χ3n) is 6.68. The fourth-order valence-corrected chi connectivity index (χ4v) is 5.07. The highest BCUT2D eigenvalue weighted by molar-refractivity contribution is 5.91. The molecule has 0 bridgehead atoms. The number of hydrogen-bond donors (Lipinski definition) is 0. The summed E-state index contributed by atoms with van der Waals surface area (Å²) in [7, 11) is 2.16. The Kier molecular flexibility index (Phi) is 4.84. The molecule has 1 heterocycles. The van der Waals surface area contributed by atoms with Crippen LogP contribution in [0.15, 0.2) is 109 Å². The van der Waals surface area contributed by atoms with E-state index in [0.717, 1.165) is 12.8 Å². The molecule has 0 amide bonds. The van der Waals surface area contributed by atoms with Gasteiger partial charge in [-0.15, -0.1) is 0 Å². The highest BCUT2D eigenvalue weighted by Crippen LogP contribution is 2.37. The minimum atomic E-state index is 1.10. The van der Waals surface area contributed by atoms with E-state index in [9.17, 15) is 0 Å². The van der Waals surface area contributed by atoms with Crippen molar-refractivity contribution in [3.63, 3.8) is 0 Å². The maximum atomic E-state index is 2.42. The number of benzene rings is 4. The maximum Gasteiger partial charge on any atom is 0.0537 e. The van der Waals surface area contributed by atoms with Gasteiger partial charge in [0.15, 0.2) is 0 Å². The SMILES string of the molecule is CN(c1cccc(-n2c3c(c4ccccc42)CCC=C3)c1)c1ccccc1-c1ccccc1. The minimum Gasteiger partial charge on any atom is -0.344 e. The molecule has 6 rings (SSSR count). The van der Waals surface area contributed by atoms with Crippen molar-refractivity contribution in [3.8, 4) is 16.8 Å². The van der Waals surface area contributed by atoms with Gasteiger partial charge >= 0.3 is 0 Å². The number of anilines is 2. The second-order valence-corrected chi connectivity index (χ2v) is 8.62. The van der Waals surface area contributed by atoms with Crippen LogP contribution in [0.5, 0.6) is 0 Å². The predicted octanol–water partition coefficient (Wildman–Crippen LogP) is 8.02. The average Bonchev–Trinajstić information content (AvgIpc) is 3.23. The molecule has 0 aliphatic heterocycles. The average molecular weight is 427 g/mol. The Morgan fingerprint density at radius 1 is 0.758 bits per heavy atom. The van der Waals surface area contributed by atoms with Crippen molar-refractivity contribution in [2.45, 2.75) is 12.8 Å². The summed E-state index contributed by atoms with van der Waals surface area (Å²) in [5.41, 5.74) is 10.1.